The molecule has 0 heterocycles. The molecule has 0 rings (SSSR count). The van der Waals surface area contributed by atoms with Crippen LogP contribution in [0.15, 0.2) is 0 Å². The normalized spacial score (nSPS) is 6.00. The molecule has 11 heavy (non-hydrogen) atoms. The quantitative estimate of drug-likeness (QED) is 0.618. The molecule has 0 aliphatic carbocycles. The van der Waals surface area contributed by atoms with E-state index in [9.17, 15) is 0 Å². The van der Waals surface area contributed by atoms with Crippen molar-refractivity contribution in [2.45, 2.75) is 60.3 Å². The summed E-state index contributed by atoms with van der Waals surface area (Å²) in [6, 6.07) is 0. The van der Waals surface area contributed by atoms with Gasteiger partial charge >= 0.3 is 0 Å². The molecule has 1 heteroatoms. The molecule has 0 aromatic heterocycles. The second-order valence-corrected chi connectivity index (χ2v) is 1.85. The van der Waals surface area contributed by atoms with Crippen LogP contribution in [-0.4, -0.2) is 0 Å². The van der Waals surface area contributed by atoms with Crippen LogP contribution in [0.2, 0.25) is 0 Å². The van der Waals surface area contributed by atoms with Gasteiger partial charge in [-0.15, -0.1) is 0 Å². The van der Waals surface area contributed by atoms with E-state index in [2.05, 4.69) is 20.8 Å². The first kappa shape index (κ1) is 22.7. The van der Waals surface area contributed by atoms with Crippen molar-refractivity contribution in [2.24, 2.45) is 0 Å². The zero-order valence-corrected chi connectivity index (χ0v) is 13.2. The molecule has 0 amide bonds. The second-order valence-electron chi connectivity index (χ2n) is 1.85. The van der Waals surface area contributed by atoms with E-state index in [0.29, 0.717) is 0 Å². The van der Waals surface area contributed by atoms with Crippen molar-refractivity contribution in [2.75, 3.05) is 0 Å². The van der Waals surface area contributed by atoms with Crippen LogP contribution >= 0.6 is 0 Å². The average molecular weight is 383 g/mol. The first-order valence-electron chi connectivity index (χ1n) is 4.62. The average Bonchev–Trinajstić information content (AvgIpc) is 1.96. The molecule has 0 bridgehead atoms. The molecule has 0 unspecified atom stereocenters. The van der Waals surface area contributed by atoms with Crippen molar-refractivity contribution in [3.8, 4) is 0 Å². The molecule has 0 saturated heterocycles. The van der Waals surface area contributed by atoms with Crippen molar-refractivity contribution in [1.82, 2.24) is 0 Å². The maximum Gasteiger partial charge on any atom is 0 e. The standard InChI is InChI=1S/C5H12.C3H7.C2H6.U/c1-3-5-4-2;1-3-2;1-2;/h3-5H2,1-2H3;1,3H2,2H3;1-2H3;/q;-1;;. The minimum atomic E-state index is 0. The van der Waals surface area contributed by atoms with Crippen molar-refractivity contribution < 1.29 is 31.1 Å². The van der Waals surface area contributed by atoms with Gasteiger partial charge in [-0.25, -0.2) is 0 Å². The summed E-state index contributed by atoms with van der Waals surface area (Å²) >= 11 is 0. The third-order valence-corrected chi connectivity index (χ3v) is 0.707. The van der Waals surface area contributed by atoms with E-state index < -0.39 is 0 Å². The van der Waals surface area contributed by atoms with Crippen molar-refractivity contribution >= 4 is 0 Å². The summed E-state index contributed by atoms with van der Waals surface area (Å²) in [5.41, 5.74) is 0. The number of unbranched alkanes of at least 4 members (excludes halogenated alkanes) is 2. The van der Waals surface area contributed by atoms with Gasteiger partial charge < -0.3 is 6.92 Å². The monoisotopic (exact) mass is 383 g/mol. The fourth-order valence-corrected chi connectivity index (χ4v) is 0.354. The topological polar surface area (TPSA) is 0 Å². The summed E-state index contributed by atoms with van der Waals surface area (Å²) in [6.45, 7) is 13.9. The molecular weight excluding hydrogens is 358 g/mol. The molecule has 0 aromatic carbocycles. The predicted molar refractivity (Wildman–Crippen MR) is 52.2 cm³/mol. The summed E-state index contributed by atoms with van der Waals surface area (Å²) in [5, 5.41) is 0. The summed E-state index contributed by atoms with van der Waals surface area (Å²) in [4.78, 5) is 0. The van der Waals surface area contributed by atoms with Gasteiger partial charge in [0.1, 0.15) is 0 Å². The zero-order chi connectivity index (χ0) is 8.83. The van der Waals surface area contributed by atoms with Gasteiger partial charge in [0.15, 0.2) is 0 Å². The molecule has 0 fully saturated rings. The summed E-state index contributed by atoms with van der Waals surface area (Å²) in [6.07, 6.45) is 5.08. The molecule has 0 spiro atoms. The Morgan fingerprint density at radius 2 is 1.09 bits per heavy atom. The summed E-state index contributed by atoms with van der Waals surface area (Å²) in [7, 11) is 0. The minimum Gasteiger partial charge on any atom is -0.344 e. The van der Waals surface area contributed by atoms with Crippen molar-refractivity contribution in [3.05, 3.63) is 6.92 Å². The Hall–Kier alpha value is 1.05. The van der Waals surface area contributed by atoms with Gasteiger partial charge in [0.05, 0.1) is 0 Å². The number of hydrogen-bond acceptors (Lipinski definition) is 0. The van der Waals surface area contributed by atoms with E-state index >= 15 is 0 Å². The largest absolute Gasteiger partial charge is 0.344 e. The Kier molecular flexibility index (Phi) is 90.3. The molecule has 0 aliphatic heterocycles. The van der Waals surface area contributed by atoms with Crippen LogP contribution < -0.4 is 0 Å². The van der Waals surface area contributed by atoms with Gasteiger partial charge in [0.25, 0.3) is 0 Å². The Morgan fingerprint density at radius 3 is 1.09 bits per heavy atom. The minimum absolute atomic E-state index is 0. The van der Waals surface area contributed by atoms with Crippen LogP contribution in [0.4, 0.5) is 0 Å². The van der Waals surface area contributed by atoms with Crippen LogP contribution in [0.3, 0.4) is 0 Å². The maximum atomic E-state index is 3.49. The number of hydrogen-bond donors (Lipinski definition) is 0. The first-order chi connectivity index (χ1) is 4.83. The van der Waals surface area contributed by atoms with Crippen LogP contribution in [0, 0.1) is 38.0 Å². The summed E-state index contributed by atoms with van der Waals surface area (Å²) in [5.74, 6) is 0. The Balaban J connectivity index is -0.0000000360. The van der Waals surface area contributed by atoms with Gasteiger partial charge in [-0.05, 0) is 0 Å². The SMILES string of the molecule is CC.CCCCC.[CH2-]CC.[U]. The zero-order valence-electron chi connectivity index (χ0n) is 9.04. The third-order valence-electron chi connectivity index (χ3n) is 0.707. The molecule has 0 atom stereocenters. The van der Waals surface area contributed by atoms with Crippen LogP contribution in [0.5, 0.6) is 0 Å². The molecule has 70 valence electrons. The first-order valence-corrected chi connectivity index (χ1v) is 4.62. The Bertz CT molecular complexity index is 18.8. The van der Waals surface area contributed by atoms with Gasteiger partial charge in [-0.2, -0.15) is 6.42 Å². The molecule has 0 radical (unpaired) electrons. The molecule has 0 saturated carbocycles. The van der Waals surface area contributed by atoms with E-state index in [1.54, 1.807) is 0 Å². The van der Waals surface area contributed by atoms with E-state index in [1.807, 2.05) is 20.8 Å². The van der Waals surface area contributed by atoms with Crippen LogP contribution in [0.1, 0.15) is 60.3 Å². The van der Waals surface area contributed by atoms with Crippen molar-refractivity contribution in [1.29, 1.82) is 0 Å². The van der Waals surface area contributed by atoms with E-state index in [-0.39, 0.29) is 31.1 Å². The van der Waals surface area contributed by atoms with Gasteiger partial charge in [0.2, 0.25) is 0 Å². The smallest absolute Gasteiger partial charge is 0 e. The predicted octanol–water partition coefficient (Wildman–Crippen LogP) is 4.45. The molecule has 0 aliphatic rings. The van der Waals surface area contributed by atoms with Crippen LogP contribution in [-0.2, 0) is 0 Å². The Morgan fingerprint density at radius 1 is 0.909 bits per heavy atom. The van der Waals surface area contributed by atoms with E-state index in [1.165, 1.54) is 19.3 Å². The van der Waals surface area contributed by atoms with E-state index in [4.69, 9.17) is 0 Å². The molecule has 0 aromatic rings. The van der Waals surface area contributed by atoms with Gasteiger partial charge in [-0.1, -0.05) is 53.9 Å². The van der Waals surface area contributed by atoms with Crippen LogP contribution in [0.25, 0.3) is 0 Å². The fraction of sp³-hybridized carbons (Fsp3) is 0.900. The third kappa shape index (κ3) is 97.2. The Labute approximate surface area is 97.9 Å². The van der Waals surface area contributed by atoms with Crippen molar-refractivity contribution in [3.63, 3.8) is 0 Å². The van der Waals surface area contributed by atoms with E-state index in [0.717, 1.165) is 6.42 Å². The van der Waals surface area contributed by atoms with Gasteiger partial charge in [-0.3, -0.25) is 0 Å². The maximum absolute atomic E-state index is 3.49. The number of rotatable bonds is 2. The fourth-order valence-electron chi connectivity index (χ4n) is 0.354. The molecular formula is C10H25U-. The summed E-state index contributed by atoms with van der Waals surface area (Å²) < 4.78 is 0. The van der Waals surface area contributed by atoms with Gasteiger partial charge in [0, 0.05) is 31.1 Å². The second kappa shape index (κ2) is 43.8. The molecule has 0 nitrogen and oxygen atoms in total. The molecule has 0 N–H and O–H groups in total.